The summed E-state index contributed by atoms with van der Waals surface area (Å²) < 4.78 is 3.26. The highest BCUT2D eigenvalue weighted by Crippen LogP contribution is 2.25. The van der Waals surface area contributed by atoms with Crippen molar-refractivity contribution in [2.24, 2.45) is 7.05 Å². The van der Waals surface area contributed by atoms with Crippen molar-refractivity contribution in [3.63, 3.8) is 0 Å². The molecule has 0 aliphatic carbocycles. The summed E-state index contributed by atoms with van der Waals surface area (Å²) in [5.74, 6) is 0.181. The Morgan fingerprint density at radius 1 is 1.40 bits per heavy atom. The third-order valence-electron chi connectivity index (χ3n) is 3.02. The number of carbonyl (C=O) groups is 1. The van der Waals surface area contributed by atoms with E-state index in [4.69, 9.17) is 0 Å². The number of nitrogens with zero attached hydrogens (tertiary/aromatic N) is 2. The average molecular weight is 271 g/mol. The van der Waals surface area contributed by atoms with Crippen LogP contribution in [0.15, 0.2) is 10.8 Å². The van der Waals surface area contributed by atoms with Crippen LogP contribution < -0.4 is 0 Å². The number of halogens is 1. The predicted molar refractivity (Wildman–Crippen MR) is 62.8 cm³/mol. The highest BCUT2D eigenvalue weighted by molar-refractivity contribution is 9.10. The van der Waals surface area contributed by atoms with E-state index in [-0.39, 0.29) is 5.91 Å². The average Bonchev–Trinajstić information content (AvgIpc) is 2.40. The molecule has 1 aliphatic heterocycles. The molecule has 1 amide bonds. The molecule has 0 aromatic carbocycles. The number of rotatable bonds is 0. The van der Waals surface area contributed by atoms with Gasteiger partial charge in [-0.1, -0.05) is 0 Å². The normalized spacial score (nSPS) is 16.1. The molecule has 0 N–H and O–H groups in total. The summed E-state index contributed by atoms with van der Waals surface area (Å²) in [4.78, 5) is 13.2. The van der Waals surface area contributed by atoms with E-state index in [9.17, 15) is 4.79 Å². The monoisotopic (exact) mass is 270 g/mol. The number of aromatic nitrogens is 1. The van der Waals surface area contributed by atoms with Gasteiger partial charge in [0, 0.05) is 33.3 Å². The first kappa shape index (κ1) is 10.7. The van der Waals surface area contributed by atoms with E-state index in [1.807, 2.05) is 11.9 Å². The Hall–Kier alpha value is -0.770. The molecule has 1 aromatic rings. The maximum atomic E-state index is 11.3. The van der Waals surface area contributed by atoms with E-state index in [0.717, 1.165) is 30.5 Å². The quantitative estimate of drug-likeness (QED) is 0.705. The van der Waals surface area contributed by atoms with E-state index in [1.165, 1.54) is 11.1 Å². The molecule has 15 heavy (non-hydrogen) atoms. The van der Waals surface area contributed by atoms with Crippen molar-refractivity contribution < 1.29 is 4.79 Å². The highest BCUT2D eigenvalue weighted by atomic mass is 79.9. The molecule has 2 rings (SSSR count). The number of hydrogen-bond donors (Lipinski definition) is 0. The molecule has 3 nitrogen and oxygen atoms in total. The number of fused-ring (bicyclic) bond motifs is 1. The SMILES string of the molecule is CC(=O)N1CCc2cn(C)c(Br)c2CC1. The lowest BCUT2D eigenvalue weighted by molar-refractivity contribution is -0.128. The number of hydrogen-bond acceptors (Lipinski definition) is 1. The Balaban J connectivity index is 2.24. The molecule has 2 heterocycles. The lowest BCUT2D eigenvalue weighted by atomic mass is 10.1. The van der Waals surface area contributed by atoms with Crippen molar-refractivity contribution in [2.75, 3.05) is 13.1 Å². The molecule has 0 fully saturated rings. The van der Waals surface area contributed by atoms with E-state index < -0.39 is 0 Å². The summed E-state index contributed by atoms with van der Waals surface area (Å²) in [6, 6.07) is 0. The van der Waals surface area contributed by atoms with E-state index in [0.29, 0.717) is 0 Å². The van der Waals surface area contributed by atoms with Crippen LogP contribution in [0.1, 0.15) is 18.1 Å². The molecular weight excluding hydrogens is 256 g/mol. The predicted octanol–water partition coefficient (Wildman–Crippen LogP) is 1.73. The fraction of sp³-hybridized carbons (Fsp3) is 0.545. The first-order chi connectivity index (χ1) is 7.09. The second-order valence-electron chi connectivity index (χ2n) is 4.04. The van der Waals surface area contributed by atoms with Gasteiger partial charge in [-0.2, -0.15) is 0 Å². The standard InChI is InChI=1S/C11H15BrN2O/c1-8(15)14-5-3-9-7-13(2)11(12)10(9)4-6-14/h7H,3-6H2,1-2H3. The first-order valence-electron chi connectivity index (χ1n) is 5.17. The number of amides is 1. The first-order valence-corrected chi connectivity index (χ1v) is 5.97. The Bertz CT molecular complexity index is 398. The van der Waals surface area contributed by atoms with Gasteiger partial charge in [-0.25, -0.2) is 0 Å². The van der Waals surface area contributed by atoms with Crippen LogP contribution in [0.5, 0.6) is 0 Å². The molecule has 82 valence electrons. The van der Waals surface area contributed by atoms with E-state index in [1.54, 1.807) is 6.92 Å². The largest absolute Gasteiger partial charge is 0.345 e. The van der Waals surface area contributed by atoms with Crippen LogP contribution in [0.4, 0.5) is 0 Å². The number of carbonyl (C=O) groups excluding carboxylic acids is 1. The van der Waals surface area contributed by atoms with Crippen LogP contribution in [0.3, 0.4) is 0 Å². The van der Waals surface area contributed by atoms with Crippen molar-refractivity contribution >= 4 is 21.8 Å². The van der Waals surface area contributed by atoms with E-state index in [2.05, 4.69) is 26.7 Å². The fourth-order valence-electron chi connectivity index (χ4n) is 2.12. The summed E-state index contributed by atoms with van der Waals surface area (Å²) in [5.41, 5.74) is 2.73. The molecule has 0 saturated carbocycles. The molecule has 1 aliphatic rings. The molecule has 4 heteroatoms. The zero-order valence-corrected chi connectivity index (χ0v) is 10.7. The Morgan fingerprint density at radius 2 is 2.07 bits per heavy atom. The van der Waals surface area contributed by atoms with Gasteiger partial charge in [-0.05, 0) is 39.9 Å². The smallest absolute Gasteiger partial charge is 0.219 e. The highest BCUT2D eigenvalue weighted by Gasteiger charge is 2.19. The minimum Gasteiger partial charge on any atom is -0.345 e. The van der Waals surface area contributed by atoms with Crippen molar-refractivity contribution in [1.82, 2.24) is 9.47 Å². The molecular formula is C11H15BrN2O. The number of aryl methyl sites for hydroxylation is 1. The summed E-state index contributed by atoms with van der Waals surface area (Å²) in [6.45, 7) is 3.33. The van der Waals surface area contributed by atoms with Gasteiger partial charge in [0.15, 0.2) is 0 Å². The zero-order valence-electron chi connectivity index (χ0n) is 9.09. The van der Waals surface area contributed by atoms with Crippen LogP contribution in [-0.4, -0.2) is 28.5 Å². The maximum absolute atomic E-state index is 11.3. The van der Waals surface area contributed by atoms with Gasteiger partial charge < -0.3 is 9.47 Å². The Morgan fingerprint density at radius 3 is 2.73 bits per heavy atom. The zero-order chi connectivity index (χ0) is 11.0. The Kier molecular flexibility index (Phi) is 2.87. The van der Waals surface area contributed by atoms with Gasteiger partial charge in [-0.15, -0.1) is 0 Å². The van der Waals surface area contributed by atoms with Gasteiger partial charge in [0.1, 0.15) is 0 Å². The van der Waals surface area contributed by atoms with Gasteiger partial charge in [0.25, 0.3) is 0 Å². The molecule has 0 saturated heterocycles. The molecule has 0 radical (unpaired) electrons. The van der Waals surface area contributed by atoms with Crippen LogP contribution in [0.2, 0.25) is 0 Å². The van der Waals surface area contributed by atoms with Gasteiger partial charge in [0.2, 0.25) is 5.91 Å². The minimum absolute atomic E-state index is 0.181. The molecule has 0 atom stereocenters. The summed E-state index contributed by atoms with van der Waals surface area (Å²) >= 11 is 3.59. The van der Waals surface area contributed by atoms with Crippen molar-refractivity contribution in [3.05, 3.63) is 21.9 Å². The minimum atomic E-state index is 0.181. The van der Waals surface area contributed by atoms with Crippen LogP contribution in [0, 0.1) is 0 Å². The fourth-order valence-corrected chi connectivity index (χ4v) is 2.68. The van der Waals surface area contributed by atoms with Crippen molar-refractivity contribution in [3.8, 4) is 0 Å². The van der Waals surface area contributed by atoms with Crippen molar-refractivity contribution in [1.29, 1.82) is 0 Å². The second kappa shape index (κ2) is 4.00. The molecule has 0 unspecified atom stereocenters. The van der Waals surface area contributed by atoms with Crippen molar-refractivity contribution in [2.45, 2.75) is 19.8 Å². The van der Waals surface area contributed by atoms with E-state index >= 15 is 0 Å². The Labute approximate surface area is 98.2 Å². The molecule has 0 spiro atoms. The third-order valence-corrected chi connectivity index (χ3v) is 4.06. The molecule has 0 bridgehead atoms. The van der Waals surface area contributed by atoms with Crippen LogP contribution >= 0.6 is 15.9 Å². The van der Waals surface area contributed by atoms with Gasteiger partial charge in [-0.3, -0.25) is 4.79 Å². The summed E-state index contributed by atoms with van der Waals surface area (Å²) in [6.07, 6.45) is 4.08. The lowest BCUT2D eigenvalue weighted by Gasteiger charge is -2.17. The topological polar surface area (TPSA) is 25.2 Å². The molecule has 1 aromatic heterocycles. The van der Waals surface area contributed by atoms with Crippen LogP contribution in [0.25, 0.3) is 0 Å². The third kappa shape index (κ3) is 1.95. The summed E-state index contributed by atoms with van der Waals surface area (Å²) in [5, 5.41) is 0. The maximum Gasteiger partial charge on any atom is 0.219 e. The van der Waals surface area contributed by atoms with Gasteiger partial charge in [0.05, 0.1) is 4.60 Å². The second-order valence-corrected chi connectivity index (χ2v) is 4.79. The van der Waals surface area contributed by atoms with Crippen LogP contribution in [-0.2, 0) is 24.7 Å². The summed E-state index contributed by atoms with van der Waals surface area (Å²) in [7, 11) is 2.04. The lowest BCUT2D eigenvalue weighted by Crippen LogP contribution is -2.31. The van der Waals surface area contributed by atoms with Gasteiger partial charge >= 0.3 is 0 Å².